The van der Waals surface area contributed by atoms with Gasteiger partial charge in [-0.25, -0.2) is 0 Å². The molecule has 0 spiro atoms. The first-order valence-corrected chi connectivity index (χ1v) is 29.1. The van der Waals surface area contributed by atoms with Crippen LogP contribution in [0.5, 0.6) is 0 Å². The Morgan fingerprint density at radius 2 is 1.06 bits per heavy atom. The first kappa shape index (κ1) is 52.1. The third-order valence-electron chi connectivity index (χ3n) is 22.2. The molecule has 0 saturated heterocycles. The summed E-state index contributed by atoms with van der Waals surface area (Å²) in [4.78, 5) is 50.3. The van der Waals surface area contributed by atoms with Crippen LogP contribution in [0.25, 0.3) is 0 Å². The fraction of sp³-hybridized carbons (Fsp3) is 0.926. The van der Waals surface area contributed by atoms with Crippen LogP contribution in [0.1, 0.15) is 164 Å². The normalized spacial score (nSPS) is 46.2. The summed E-state index contributed by atoms with van der Waals surface area (Å²) in [7, 11) is 0. The summed E-state index contributed by atoms with van der Waals surface area (Å²) in [6.07, 6.45) is 15.3. The smallest absolute Gasteiger partial charge is 0.316 e. The molecule has 13 heteroatoms. The summed E-state index contributed by atoms with van der Waals surface area (Å²) in [5.41, 5.74) is -0.285. The van der Waals surface area contributed by atoms with Crippen molar-refractivity contribution in [2.24, 2.45) is 92.7 Å². The Bertz CT molecular complexity index is 1810. The van der Waals surface area contributed by atoms with Crippen molar-refractivity contribution in [1.82, 2.24) is 10.6 Å². The molecule has 67 heavy (non-hydrogen) atoms. The number of nitrogens with one attached hydrogen (secondary N) is 2. The molecule has 2 unspecified atom stereocenters. The Morgan fingerprint density at radius 3 is 1.60 bits per heavy atom. The zero-order chi connectivity index (χ0) is 48.2. The number of carbonyl (C=O) groups excluding carboxylic acids is 4. The molecule has 8 rings (SSSR count). The van der Waals surface area contributed by atoms with E-state index in [2.05, 4.69) is 84.0 Å². The van der Waals surface area contributed by atoms with Crippen molar-refractivity contribution in [3.05, 3.63) is 0 Å². The average molecular weight is 1070 g/mol. The minimum absolute atomic E-state index is 0.000184. The summed E-state index contributed by atoms with van der Waals surface area (Å²) in [6.45, 7) is 14.8. The molecule has 8 saturated carbocycles. The second-order valence-corrected chi connectivity index (χ2v) is 25.9. The Labute approximate surface area is 418 Å². The van der Waals surface area contributed by atoms with Gasteiger partial charge in [-0.2, -0.15) is 0 Å². The minimum Gasteiger partial charge on any atom is -0.462 e. The number of hydrogen-bond acceptors (Lipinski definition) is 9. The predicted molar refractivity (Wildman–Crippen MR) is 265 cm³/mol. The molecule has 8 fully saturated rings. The number of aliphatic hydroxyl groups excluding tert-OH is 3. The summed E-state index contributed by atoms with van der Waals surface area (Å²) >= 11 is 6.46. The van der Waals surface area contributed by atoms with Crippen LogP contribution in [0.15, 0.2) is 0 Å². The highest BCUT2D eigenvalue weighted by Crippen LogP contribution is 2.70. The highest BCUT2D eigenvalue weighted by Gasteiger charge is 2.67. The van der Waals surface area contributed by atoms with Crippen molar-refractivity contribution in [2.45, 2.75) is 194 Å². The summed E-state index contributed by atoms with van der Waals surface area (Å²) in [5.74, 6) is 3.80. The lowest BCUT2D eigenvalue weighted by atomic mass is 9.43. The van der Waals surface area contributed by atoms with Crippen LogP contribution in [-0.2, 0) is 28.7 Å². The van der Waals surface area contributed by atoms with Crippen LogP contribution >= 0.6 is 31.9 Å². The van der Waals surface area contributed by atoms with Crippen molar-refractivity contribution < 1.29 is 44.0 Å². The van der Waals surface area contributed by atoms with E-state index in [-0.39, 0.29) is 110 Å². The molecule has 0 heterocycles. The van der Waals surface area contributed by atoms with E-state index in [9.17, 15) is 34.5 Å². The average Bonchev–Trinajstić information content (AvgIpc) is 3.86. The van der Waals surface area contributed by atoms with Gasteiger partial charge in [-0.15, -0.1) is 0 Å². The lowest BCUT2D eigenvalue weighted by molar-refractivity contribution is -0.209. The fourth-order valence-electron chi connectivity index (χ4n) is 18.6. The molecule has 21 atom stereocenters. The van der Waals surface area contributed by atoms with Crippen LogP contribution in [0.3, 0.4) is 0 Å². The molecule has 5 N–H and O–H groups in total. The van der Waals surface area contributed by atoms with E-state index in [0.29, 0.717) is 67.9 Å². The molecule has 0 radical (unpaired) electrons. The molecule has 8 aliphatic rings. The number of esters is 2. The molecule has 0 aromatic heterocycles. The zero-order valence-electron chi connectivity index (χ0n) is 41.6. The van der Waals surface area contributed by atoms with Crippen LogP contribution in [-0.4, -0.2) is 93.3 Å². The Kier molecular flexibility index (Phi) is 16.1. The predicted octanol–water partition coefficient (Wildman–Crippen LogP) is 8.90. The molecular formula is C54H86Br2N2O9. The van der Waals surface area contributed by atoms with Gasteiger partial charge in [-0.3, -0.25) is 19.2 Å². The van der Waals surface area contributed by atoms with E-state index in [1.807, 2.05) is 0 Å². The number of aliphatic hydroxyl groups is 3. The molecule has 0 aromatic carbocycles. The first-order chi connectivity index (χ1) is 31.8. The van der Waals surface area contributed by atoms with Crippen molar-refractivity contribution in [1.29, 1.82) is 0 Å². The van der Waals surface area contributed by atoms with Crippen LogP contribution in [0.4, 0.5) is 0 Å². The van der Waals surface area contributed by atoms with Crippen LogP contribution in [0, 0.1) is 92.7 Å². The molecule has 0 aliphatic heterocycles. The van der Waals surface area contributed by atoms with Gasteiger partial charge in [0.05, 0.1) is 18.3 Å². The highest BCUT2D eigenvalue weighted by molar-refractivity contribution is 9.09. The van der Waals surface area contributed by atoms with E-state index < -0.39 is 12.2 Å². The summed E-state index contributed by atoms with van der Waals surface area (Å²) in [6, 6.07) is 0. The number of fused-ring (bicyclic) bond motifs is 10. The molecular weight excluding hydrogens is 980 g/mol. The number of carbonyl (C=O) groups is 4. The van der Waals surface area contributed by atoms with Crippen molar-refractivity contribution in [3.8, 4) is 0 Å². The van der Waals surface area contributed by atoms with Crippen molar-refractivity contribution in [3.63, 3.8) is 0 Å². The fourth-order valence-corrected chi connectivity index (χ4v) is 18.9. The lowest BCUT2D eigenvalue weighted by Gasteiger charge is -2.63. The van der Waals surface area contributed by atoms with Crippen molar-refractivity contribution >= 4 is 55.6 Å². The summed E-state index contributed by atoms with van der Waals surface area (Å²) in [5, 5.41) is 42.5. The monoisotopic (exact) mass is 1060 g/mol. The number of alkyl halides is 2. The quantitative estimate of drug-likeness (QED) is 0.0611. The van der Waals surface area contributed by atoms with Crippen LogP contribution in [0.2, 0.25) is 0 Å². The molecule has 380 valence electrons. The molecule has 0 bridgehead atoms. The van der Waals surface area contributed by atoms with E-state index >= 15 is 0 Å². The van der Waals surface area contributed by atoms with E-state index in [1.54, 1.807) is 0 Å². The second kappa shape index (κ2) is 20.7. The minimum atomic E-state index is -0.467. The van der Waals surface area contributed by atoms with E-state index in [1.165, 1.54) is 12.8 Å². The summed E-state index contributed by atoms with van der Waals surface area (Å²) < 4.78 is 11.5. The van der Waals surface area contributed by atoms with Gasteiger partial charge < -0.3 is 35.4 Å². The van der Waals surface area contributed by atoms with Gasteiger partial charge in [0, 0.05) is 25.9 Å². The Morgan fingerprint density at radius 1 is 0.582 bits per heavy atom. The number of ether oxygens (including phenoxy) is 2. The Balaban J connectivity index is 0.752. The molecule has 11 nitrogen and oxygen atoms in total. The topological polar surface area (TPSA) is 171 Å². The number of amides is 2. The van der Waals surface area contributed by atoms with Gasteiger partial charge in [0.25, 0.3) is 0 Å². The second-order valence-electron chi connectivity index (χ2n) is 24.8. The van der Waals surface area contributed by atoms with E-state index in [4.69, 9.17) is 9.47 Å². The Hall–Kier alpha value is -1.28. The van der Waals surface area contributed by atoms with Gasteiger partial charge >= 0.3 is 11.9 Å². The van der Waals surface area contributed by atoms with Gasteiger partial charge in [-0.05, 0) is 202 Å². The van der Waals surface area contributed by atoms with Crippen LogP contribution < -0.4 is 10.6 Å². The zero-order valence-corrected chi connectivity index (χ0v) is 44.8. The van der Waals surface area contributed by atoms with Gasteiger partial charge in [0.1, 0.15) is 22.9 Å². The SMILES string of the molecule is C[C@H](CCC(=O)NCCNC(=O)CC[C@@H](C)[C@H]1CC[C@H]2[C@@H]3[C@H](O)CC4C[C@H](OC(=O)CBr)CC[C@]4(C)[C@H]3C[C@H](O)[C@]12C)[C@H]1CC[C@H]2[C@@H]3CCC4C[C@H](OC(=O)CBr)CC[C@]4(C)[C@H]3C[C@H](O)[C@]12C. The molecule has 8 aliphatic carbocycles. The third kappa shape index (κ3) is 9.62. The van der Waals surface area contributed by atoms with Gasteiger partial charge in [-0.1, -0.05) is 73.4 Å². The van der Waals surface area contributed by atoms with Gasteiger partial charge in [0.15, 0.2) is 0 Å². The van der Waals surface area contributed by atoms with E-state index in [0.717, 1.165) is 89.9 Å². The third-order valence-corrected chi connectivity index (χ3v) is 23.1. The maximum atomic E-state index is 13.1. The number of rotatable bonds is 15. The standard InChI is InChI=1S/C54H86Br2N2O9/c1-30(37-11-13-39-36-10-9-32-23-34(66-48(64)28-55)17-19-51(32,3)41(36)26-44(60)53(37,39)5)7-15-46(62)57-21-22-58-47(63)16-8-31(2)38-12-14-40-50-42(27-45(61)54(38,40)6)52(4)20-18-35(67-49(65)29-56)24-33(52)25-43(50)59/h30-45,50,59-61H,7-29H2,1-6H3,(H,57,62)(H,58,63)/t30-,31-,32?,33?,34-,35-,36+,37-,38-,39+,40+,41+,42+,43-,44+,45+,50+,51+,52+,53-,54-/m1/s1. The lowest BCUT2D eigenvalue weighted by Crippen LogP contribution is -2.62. The highest BCUT2D eigenvalue weighted by atomic mass is 79.9. The maximum absolute atomic E-state index is 13.1. The molecule has 2 amide bonds. The van der Waals surface area contributed by atoms with Crippen molar-refractivity contribution in [2.75, 3.05) is 23.7 Å². The largest absolute Gasteiger partial charge is 0.462 e. The molecule has 0 aromatic rings. The number of halogens is 2. The maximum Gasteiger partial charge on any atom is 0.316 e. The number of hydrogen-bond donors (Lipinski definition) is 5. The van der Waals surface area contributed by atoms with Gasteiger partial charge in [0.2, 0.25) is 11.8 Å². The first-order valence-electron chi connectivity index (χ1n) is 26.9.